The lowest BCUT2D eigenvalue weighted by molar-refractivity contribution is -0.141. The van der Waals surface area contributed by atoms with Crippen molar-refractivity contribution in [1.82, 2.24) is 10.2 Å². The van der Waals surface area contributed by atoms with E-state index < -0.39 is 6.04 Å². The Balaban J connectivity index is 1.97. The smallest absolute Gasteiger partial charge is 0.243 e. The van der Waals surface area contributed by atoms with E-state index in [-0.39, 0.29) is 24.3 Å². The van der Waals surface area contributed by atoms with Gasteiger partial charge >= 0.3 is 0 Å². The van der Waals surface area contributed by atoms with Crippen LogP contribution in [0.25, 0.3) is 0 Å². The van der Waals surface area contributed by atoms with Crippen LogP contribution in [-0.4, -0.2) is 35.9 Å². The number of benzene rings is 3. The lowest BCUT2D eigenvalue weighted by Crippen LogP contribution is -2.52. The van der Waals surface area contributed by atoms with E-state index in [1.165, 1.54) is 0 Å². The molecule has 5 nitrogen and oxygen atoms in total. The molecule has 0 aliphatic carbocycles. The minimum Gasteiger partial charge on any atom is -0.497 e. The van der Waals surface area contributed by atoms with E-state index in [9.17, 15) is 9.59 Å². The Kier molecular flexibility index (Phi) is 9.27. The Morgan fingerprint density at radius 3 is 2.12 bits per heavy atom. The molecule has 0 aliphatic heterocycles. The van der Waals surface area contributed by atoms with Gasteiger partial charge in [-0.1, -0.05) is 79.7 Å². The summed E-state index contributed by atoms with van der Waals surface area (Å²) in [5.74, 6) is 0.494. The first-order chi connectivity index (χ1) is 16.5. The third kappa shape index (κ3) is 7.20. The van der Waals surface area contributed by atoms with Crippen molar-refractivity contribution in [2.24, 2.45) is 0 Å². The lowest BCUT2D eigenvalue weighted by Gasteiger charge is -2.32. The van der Waals surface area contributed by atoms with E-state index in [2.05, 4.69) is 5.32 Å². The number of nitrogens with one attached hydrogen (secondary N) is 1. The van der Waals surface area contributed by atoms with Gasteiger partial charge in [-0.2, -0.15) is 0 Å². The fourth-order valence-electron chi connectivity index (χ4n) is 3.83. The van der Waals surface area contributed by atoms with Gasteiger partial charge in [0.2, 0.25) is 11.8 Å². The molecule has 0 heterocycles. The van der Waals surface area contributed by atoms with Crippen molar-refractivity contribution in [3.63, 3.8) is 0 Å². The van der Waals surface area contributed by atoms with Crippen molar-refractivity contribution in [3.05, 3.63) is 102 Å². The number of amides is 2. The molecular weight excluding hydrogens is 424 g/mol. The second-order valence-corrected chi connectivity index (χ2v) is 8.56. The first-order valence-electron chi connectivity index (χ1n) is 11.8. The minimum atomic E-state index is -0.640. The van der Waals surface area contributed by atoms with Crippen LogP contribution in [0.3, 0.4) is 0 Å². The monoisotopic (exact) mass is 458 g/mol. The average molecular weight is 459 g/mol. The molecule has 0 saturated carbocycles. The molecule has 0 fully saturated rings. The molecule has 0 saturated heterocycles. The Morgan fingerprint density at radius 2 is 1.50 bits per heavy atom. The zero-order valence-corrected chi connectivity index (χ0v) is 20.2. The van der Waals surface area contributed by atoms with Crippen LogP contribution < -0.4 is 10.1 Å². The Labute approximate surface area is 202 Å². The van der Waals surface area contributed by atoms with Crippen LogP contribution in [0, 0.1) is 0 Å². The van der Waals surface area contributed by atoms with E-state index >= 15 is 0 Å². The second kappa shape index (κ2) is 12.6. The summed E-state index contributed by atoms with van der Waals surface area (Å²) in [7, 11) is 1.62. The summed E-state index contributed by atoms with van der Waals surface area (Å²) in [4.78, 5) is 28.9. The summed E-state index contributed by atoms with van der Waals surface area (Å²) in [6.45, 7) is 4.33. The summed E-state index contributed by atoms with van der Waals surface area (Å²) in [6.07, 6.45) is 1.48. The normalized spacial score (nSPS) is 12.4. The summed E-state index contributed by atoms with van der Waals surface area (Å²) in [5.41, 5.74) is 2.84. The fourth-order valence-corrected chi connectivity index (χ4v) is 3.83. The molecule has 0 unspecified atom stereocenters. The van der Waals surface area contributed by atoms with Gasteiger partial charge in [-0.15, -0.1) is 0 Å². The number of ether oxygens (including phenoxy) is 1. The molecule has 2 amide bonds. The van der Waals surface area contributed by atoms with Crippen molar-refractivity contribution in [2.45, 2.75) is 51.7 Å². The largest absolute Gasteiger partial charge is 0.497 e. The number of hydrogen-bond acceptors (Lipinski definition) is 3. The molecule has 0 spiro atoms. The van der Waals surface area contributed by atoms with Gasteiger partial charge in [0.15, 0.2) is 0 Å². The van der Waals surface area contributed by atoms with Crippen molar-refractivity contribution in [3.8, 4) is 5.75 Å². The highest BCUT2D eigenvalue weighted by molar-refractivity contribution is 5.89. The van der Waals surface area contributed by atoms with Gasteiger partial charge in [0.05, 0.1) is 13.5 Å². The third-order valence-corrected chi connectivity index (χ3v) is 5.96. The average Bonchev–Trinajstić information content (AvgIpc) is 2.87. The zero-order chi connectivity index (χ0) is 24.3. The quantitative estimate of drug-likeness (QED) is 0.449. The molecule has 5 heteroatoms. The maximum Gasteiger partial charge on any atom is 0.243 e. The molecule has 0 aliphatic rings. The van der Waals surface area contributed by atoms with Crippen LogP contribution in [0.4, 0.5) is 0 Å². The van der Waals surface area contributed by atoms with E-state index in [0.29, 0.717) is 13.0 Å². The van der Waals surface area contributed by atoms with Gasteiger partial charge < -0.3 is 15.0 Å². The topological polar surface area (TPSA) is 58.6 Å². The van der Waals surface area contributed by atoms with E-state index in [0.717, 1.165) is 28.9 Å². The van der Waals surface area contributed by atoms with Crippen LogP contribution >= 0.6 is 0 Å². The highest BCUT2D eigenvalue weighted by Crippen LogP contribution is 2.19. The summed E-state index contributed by atoms with van der Waals surface area (Å²) in [5, 5.41) is 3.10. The predicted octanol–water partition coefficient (Wildman–Crippen LogP) is 4.79. The molecular formula is C29H34N2O3. The first-order valence-corrected chi connectivity index (χ1v) is 11.8. The molecule has 1 N–H and O–H groups in total. The van der Waals surface area contributed by atoms with Gasteiger partial charge in [-0.05, 0) is 42.2 Å². The Morgan fingerprint density at radius 1 is 0.882 bits per heavy atom. The maximum absolute atomic E-state index is 13.7. The number of methoxy groups -OCH3 is 1. The lowest BCUT2D eigenvalue weighted by atomic mass is 10.0. The van der Waals surface area contributed by atoms with E-state index in [1.807, 2.05) is 98.8 Å². The number of nitrogens with zero attached hydrogens (tertiary/aromatic N) is 1. The van der Waals surface area contributed by atoms with Crippen molar-refractivity contribution >= 4 is 11.8 Å². The molecule has 34 heavy (non-hydrogen) atoms. The number of carbonyl (C=O) groups is 2. The van der Waals surface area contributed by atoms with Crippen LogP contribution in [0.1, 0.15) is 37.0 Å². The van der Waals surface area contributed by atoms with Gasteiger partial charge in [-0.3, -0.25) is 9.59 Å². The SMILES string of the molecule is CC[C@@H](C)NC(=O)[C@H](Cc1ccccc1)N(Cc1cccc(OC)c1)C(=O)Cc1ccccc1. The maximum atomic E-state index is 13.7. The fraction of sp³-hybridized carbons (Fsp3) is 0.310. The predicted molar refractivity (Wildman–Crippen MR) is 136 cm³/mol. The van der Waals surface area contributed by atoms with Crippen molar-refractivity contribution in [2.75, 3.05) is 7.11 Å². The number of rotatable bonds is 11. The van der Waals surface area contributed by atoms with Gasteiger partial charge in [0, 0.05) is 19.0 Å². The first kappa shape index (κ1) is 25.0. The molecule has 3 aromatic carbocycles. The van der Waals surface area contributed by atoms with Crippen LogP contribution in [-0.2, 0) is 29.0 Å². The van der Waals surface area contributed by atoms with Crippen LogP contribution in [0.2, 0.25) is 0 Å². The van der Waals surface area contributed by atoms with E-state index in [4.69, 9.17) is 4.74 Å². The van der Waals surface area contributed by atoms with Crippen molar-refractivity contribution in [1.29, 1.82) is 0 Å². The molecule has 2 atom stereocenters. The van der Waals surface area contributed by atoms with Crippen LogP contribution in [0.15, 0.2) is 84.9 Å². The second-order valence-electron chi connectivity index (χ2n) is 8.56. The molecule has 3 aromatic rings. The van der Waals surface area contributed by atoms with Gasteiger partial charge in [0.1, 0.15) is 11.8 Å². The third-order valence-electron chi connectivity index (χ3n) is 5.96. The van der Waals surface area contributed by atoms with Crippen LogP contribution in [0.5, 0.6) is 5.75 Å². The van der Waals surface area contributed by atoms with Gasteiger partial charge in [-0.25, -0.2) is 0 Å². The molecule has 3 rings (SSSR count). The Bertz CT molecular complexity index is 1050. The summed E-state index contributed by atoms with van der Waals surface area (Å²) < 4.78 is 5.38. The number of carbonyl (C=O) groups excluding carboxylic acids is 2. The highest BCUT2D eigenvalue weighted by atomic mass is 16.5. The molecule has 0 radical (unpaired) electrons. The zero-order valence-electron chi connectivity index (χ0n) is 20.2. The van der Waals surface area contributed by atoms with E-state index in [1.54, 1.807) is 12.0 Å². The molecule has 178 valence electrons. The summed E-state index contributed by atoms with van der Waals surface area (Å²) in [6, 6.07) is 26.5. The standard InChI is InChI=1S/C29H34N2O3/c1-4-22(2)30-29(33)27(19-23-12-7-5-8-13-23)31(21-25-16-11-17-26(18-25)34-3)28(32)20-24-14-9-6-10-15-24/h5-18,22,27H,4,19-21H2,1-3H3,(H,30,33)/t22-,27+/m1/s1. The highest BCUT2D eigenvalue weighted by Gasteiger charge is 2.31. The minimum absolute atomic E-state index is 0.0219. The molecule has 0 bridgehead atoms. The Hall–Kier alpha value is -3.60. The van der Waals surface area contributed by atoms with Crippen molar-refractivity contribution < 1.29 is 14.3 Å². The molecule has 0 aromatic heterocycles. The van der Waals surface area contributed by atoms with Gasteiger partial charge in [0.25, 0.3) is 0 Å². The summed E-state index contributed by atoms with van der Waals surface area (Å²) >= 11 is 0. The number of hydrogen-bond donors (Lipinski definition) is 1.